The molecular weight excluding hydrogens is 372 g/mol. The van der Waals surface area contributed by atoms with E-state index >= 15 is 0 Å². The number of hydrogen-bond acceptors (Lipinski definition) is 3. The van der Waals surface area contributed by atoms with E-state index in [1.165, 1.54) is 5.56 Å². The average molecular weight is 405 g/mol. The highest BCUT2D eigenvalue weighted by Gasteiger charge is 2.20. The smallest absolute Gasteiger partial charge is 0.227 e. The summed E-state index contributed by atoms with van der Waals surface area (Å²) in [5, 5.41) is 4.68. The Morgan fingerprint density at radius 1 is 1.07 bits per heavy atom. The van der Waals surface area contributed by atoms with Crippen molar-refractivity contribution >= 4 is 5.91 Å². The maximum atomic E-state index is 13.3. The van der Waals surface area contributed by atoms with Crippen LogP contribution in [0.15, 0.2) is 54.9 Å². The van der Waals surface area contributed by atoms with Crippen LogP contribution >= 0.6 is 0 Å². The van der Waals surface area contributed by atoms with Crippen molar-refractivity contribution in [3.8, 4) is 0 Å². The molecule has 1 aromatic carbocycles. The van der Waals surface area contributed by atoms with Crippen molar-refractivity contribution in [2.75, 3.05) is 6.54 Å². The summed E-state index contributed by atoms with van der Waals surface area (Å²) in [4.78, 5) is 19.5. The Morgan fingerprint density at radius 2 is 1.80 bits per heavy atom. The number of pyridine rings is 1. The van der Waals surface area contributed by atoms with Crippen LogP contribution in [0.4, 0.5) is 0 Å². The Labute approximate surface area is 179 Å². The lowest BCUT2D eigenvalue weighted by Gasteiger charge is -2.23. The van der Waals surface area contributed by atoms with Gasteiger partial charge in [-0.1, -0.05) is 50.2 Å². The van der Waals surface area contributed by atoms with E-state index in [2.05, 4.69) is 43.0 Å². The van der Waals surface area contributed by atoms with Crippen LogP contribution in [0.25, 0.3) is 0 Å². The molecule has 0 spiro atoms. The second-order valence-electron chi connectivity index (χ2n) is 8.31. The highest BCUT2D eigenvalue weighted by Crippen LogP contribution is 2.17. The van der Waals surface area contributed by atoms with E-state index < -0.39 is 0 Å². The number of amides is 1. The van der Waals surface area contributed by atoms with Crippen molar-refractivity contribution in [3.05, 3.63) is 82.9 Å². The summed E-state index contributed by atoms with van der Waals surface area (Å²) in [6, 6.07) is 14.2. The van der Waals surface area contributed by atoms with Crippen molar-refractivity contribution in [2.45, 2.75) is 53.6 Å². The molecular formula is C25H32N4O. The zero-order chi connectivity index (χ0) is 21.5. The normalized spacial score (nSPS) is 11.1. The number of carbonyl (C=O) groups is 1. The molecule has 5 nitrogen and oxygen atoms in total. The molecule has 0 bridgehead atoms. The lowest BCUT2D eigenvalue weighted by atomic mass is 10.1. The predicted molar refractivity (Wildman–Crippen MR) is 120 cm³/mol. The van der Waals surface area contributed by atoms with Crippen LogP contribution in [0.5, 0.6) is 0 Å². The molecule has 0 saturated heterocycles. The van der Waals surface area contributed by atoms with E-state index in [0.717, 1.165) is 35.5 Å². The Kier molecular flexibility index (Phi) is 7.39. The topological polar surface area (TPSA) is 51.0 Å². The van der Waals surface area contributed by atoms with E-state index in [1.54, 1.807) is 6.20 Å². The van der Waals surface area contributed by atoms with E-state index in [0.29, 0.717) is 25.4 Å². The molecule has 0 N–H and O–H groups in total. The van der Waals surface area contributed by atoms with E-state index in [4.69, 9.17) is 0 Å². The summed E-state index contributed by atoms with van der Waals surface area (Å²) >= 11 is 0. The Hall–Kier alpha value is -2.95. The highest BCUT2D eigenvalue weighted by atomic mass is 16.2. The standard InChI is InChI=1S/C25H32N4O/c1-19(2)17-29-21(4)24(20(3)27-29)15-25(30)28(18-23-11-8-13-26-16-23)14-12-22-9-6-5-7-10-22/h5-11,13,16,19H,12,14-15,17-18H2,1-4H3. The largest absolute Gasteiger partial charge is 0.338 e. The molecule has 158 valence electrons. The molecule has 3 rings (SSSR count). The number of rotatable bonds is 9. The number of nitrogens with zero attached hydrogens (tertiary/aromatic N) is 4. The van der Waals surface area contributed by atoms with Crippen molar-refractivity contribution in [1.82, 2.24) is 19.7 Å². The average Bonchev–Trinajstić information content (AvgIpc) is 2.99. The minimum absolute atomic E-state index is 0.130. The molecule has 2 aromatic heterocycles. The number of carbonyl (C=O) groups excluding carboxylic acids is 1. The van der Waals surface area contributed by atoms with Gasteiger partial charge >= 0.3 is 0 Å². The first-order valence-corrected chi connectivity index (χ1v) is 10.7. The highest BCUT2D eigenvalue weighted by molar-refractivity contribution is 5.79. The second-order valence-corrected chi connectivity index (χ2v) is 8.31. The summed E-state index contributed by atoms with van der Waals surface area (Å²) in [5.74, 6) is 0.643. The monoisotopic (exact) mass is 404 g/mol. The molecule has 0 fully saturated rings. The summed E-state index contributed by atoms with van der Waals surface area (Å²) in [5.41, 5.74) is 5.38. The third kappa shape index (κ3) is 5.78. The number of aromatic nitrogens is 3. The first kappa shape index (κ1) is 21.8. The Morgan fingerprint density at radius 3 is 2.47 bits per heavy atom. The fourth-order valence-corrected chi connectivity index (χ4v) is 3.69. The van der Waals surface area contributed by atoms with E-state index in [9.17, 15) is 4.79 Å². The van der Waals surface area contributed by atoms with Crippen molar-refractivity contribution < 1.29 is 4.79 Å². The minimum Gasteiger partial charge on any atom is -0.338 e. The maximum Gasteiger partial charge on any atom is 0.227 e. The van der Waals surface area contributed by atoms with Crippen LogP contribution in [-0.4, -0.2) is 32.1 Å². The van der Waals surface area contributed by atoms with E-state index in [1.807, 2.05) is 53.0 Å². The van der Waals surface area contributed by atoms with E-state index in [-0.39, 0.29) is 5.91 Å². The molecule has 30 heavy (non-hydrogen) atoms. The van der Waals surface area contributed by atoms with Crippen LogP contribution in [0.3, 0.4) is 0 Å². The predicted octanol–water partition coefficient (Wildman–Crippen LogP) is 4.36. The summed E-state index contributed by atoms with van der Waals surface area (Å²) in [6.07, 6.45) is 4.80. The molecule has 0 aliphatic rings. The van der Waals surface area contributed by atoms with Gasteiger partial charge in [-0.2, -0.15) is 5.10 Å². The first-order valence-electron chi connectivity index (χ1n) is 10.7. The first-order chi connectivity index (χ1) is 14.4. The van der Waals surface area contributed by atoms with Gasteiger partial charge in [0.15, 0.2) is 0 Å². The quantitative estimate of drug-likeness (QED) is 0.532. The molecule has 0 saturated carbocycles. The van der Waals surface area contributed by atoms with Gasteiger partial charge < -0.3 is 4.90 Å². The van der Waals surface area contributed by atoms with Gasteiger partial charge in [0.25, 0.3) is 0 Å². The van der Waals surface area contributed by atoms with Gasteiger partial charge in [0.1, 0.15) is 0 Å². The SMILES string of the molecule is Cc1nn(CC(C)C)c(C)c1CC(=O)N(CCc1ccccc1)Cc1cccnc1. The van der Waals surface area contributed by atoms with Gasteiger partial charge in [0.2, 0.25) is 5.91 Å². The van der Waals surface area contributed by atoms with Gasteiger partial charge in [0, 0.05) is 43.3 Å². The lowest BCUT2D eigenvalue weighted by molar-refractivity contribution is -0.131. The van der Waals surface area contributed by atoms with Crippen molar-refractivity contribution in [3.63, 3.8) is 0 Å². The van der Waals surface area contributed by atoms with Gasteiger partial charge in [-0.25, -0.2) is 0 Å². The second kappa shape index (κ2) is 10.2. The van der Waals surface area contributed by atoms with Gasteiger partial charge in [-0.3, -0.25) is 14.5 Å². The molecule has 2 heterocycles. The molecule has 0 aliphatic carbocycles. The maximum absolute atomic E-state index is 13.3. The summed E-state index contributed by atoms with van der Waals surface area (Å²) < 4.78 is 2.04. The molecule has 0 atom stereocenters. The van der Waals surface area contributed by atoms with Crippen LogP contribution in [-0.2, 0) is 30.7 Å². The third-order valence-electron chi connectivity index (χ3n) is 5.36. The molecule has 5 heteroatoms. The van der Waals surface area contributed by atoms with Gasteiger partial charge in [-0.15, -0.1) is 0 Å². The Balaban J connectivity index is 1.76. The van der Waals surface area contributed by atoms with Crippen LogP contribution in [0.1, 0.15) is 41.9 Å². The fraction of sp³-hybridized carbons (Fsp3) is 0.400. The summed E-state index contributed by atoms with van der Waals surface area (Å²) in [6.45, 7) is 10.5. The zero-order valence-electron chi connectivity index (χ0n) is 18.5. The van der Waals surface area contributed by atoms with Crippen LogP contribution in [0, 0.1) is 19.8 Å². The molecule has 0 unspecified atom stereocenters. The minimum atomic E-state index is 0.130. The molecule has 0 aliphatic heterocycles. The Bertz CT molecular complexity index is 948. The van der Waals surface area contributed by atoms with Gasteiger partial charge in [-0.05, 0) is 43.4 Å². The molecule has 3 aromatic rings. The lowest BCUT2D eigenvalue weighted by Crippen LogP contribution is -2.34. The molecule has 0 radical (unpaired) electrons. The third-order valence-corrected chi connectivity index (χ3v) is 5.36. The summed E-state index contributed by atoms with van der Waals surface area (Å²) in [7, 11) is 0. The van der Waals surface area contributed by atoms with Crippen molar-refractivity contribution in [2.24, 2.45) is 5.92 Å². The number of benzene rings is 1. The number of hydrogen-bond donors (Lipinski definition) is 0. The fourth-order valence-electron chi connectivity index (χ4n) is 3.69. The van der Waals surface area contributed by atoms with Gasteiger partial charge in [0.05, 0.1) is 12.1 Å². The van der Waals surface area contributed by atoms with Crippen molar-refractivity contribution in [1.29, 1.82) is 0 Å². The zero-order valence-corrected chi connectivity index (χ0v) is 18.5. The molecule has 1 amide bonds. The van der Waals surface area contributed by atoms with Crippen LogP contribution < -0.4 is 0 Å². The number of aryl methyl sites for hydroxylation is 1. The van der Waals surface area contributed by atoms with Crippen LogP contribution in [0.2, 0.25) is 0 Å².